The van der Waals surface area contributed by atoms with E-state index in [0.717, 1.165) is 42.2 Å². The molecule has 0 bridgehead atoms. The number of anilines is 2. The average molecular weight is 477 g/mol. The van der Waals surface area contributed by atoms with Crippen LogP contribution in [-0.4, -0.2) is 24.0 Å². The van der Waals surface area contributed by atoms with E-state index in [0.29, 0.717) is 40.4 Å². The van der Waals surface area contributed by atoms with Crippen LogP contribution in [0.4, 0.5) is 11.4 Å². The maximum absolute atomic E-state index is 12.7. The van der Waals surface area contributed by atoms with Crippen LogP contribution in [0.15, 0.2) is 39.5 Å². The SMILES string of the molecule is CC(=O)Nc1ccc(NC(=O)COc2cc3c(c4oc(=O)c5c(c24)CCC5)CCC(C)(C)O3)cc1. The van der Waals surface area contributed by atoms with Gasteiger partial charge in [0.25, 0.3) is 5.91 Å². The third kappa shape index (κ3) is 4.60. The summed E-state index contributed by atoms with van der Waals surface area (Å²) < 4.78 is 18.0. The number of carbonyl (C=O) groups excluding carboxylic acids is 2. The zero-order chi connectivity index (χ0) is 24.7. The van der Waals surface area contributed by atoms with Gasteiger partial charge in [0.05, 0.1) is 5.39 Å². The van der Waals surface area contributed by atoms with Crippen molar-refractivity contribution in [1.82, 2.24) is 0 Å². The smallest absolute Gasteiger partial charge is 0.339 e. The Bertz CT molecular complexity index is 1390. The molecule has 8 heteroatoms. The molecule has 3 aromatic rings. The predicted molar refractivity (Wildman–Crippen MR) is 132 cm³/mol. The van der Waals surface area contributed by atoms with E-state index in [-0.39, 0.29) is 29.6 Å². The standard InChI is InChI=1S/C27H28N2O6/c1-15(30)28-16-7-9-17(10-8-16)29-23(31)14-33-22-13-21-20(11-12-27(2,3)35-21)25-24(22)18-5-4-6-19(18)26(32)34-25/h7-10,13H,4-6,11-12,14H2,1-3H3,(H,28,30)(H,29,31). The van der Waals surface area contributed by atoms with Gasteiger partial charge < -0.3 is 24.5 Å². The summed E-state index contributed by atoms with van der Waals surface area (Å²) in [6, 6.07) is 8.65. The Morgan fingerprint density at radius 3 is 2.40 bits per heavy atom. The Kier molecular flexibility index (Phi) is 5.75. The van der Waals surface area contributed by atoms with Crippen LogP contribution in [0, 0.1) is 0 Å². The van der Waals surface area contributed by atoms with Gasteiger partial charge in [-0.1, -0.05) is 0 Å². The number of carbonyl (C=O) groups is 2. The lowest BCUT2D eigenvalue weighted by Crippen LogP contribution is -2.32. The van der Waals surface area contributed by atoms with Crippen LogP contribution in [0.25, 0.3) is 11.0 Å². The lowest BCUT2D eigenvalue weighted by atomic mass is 9.91. The highest BCUT2D eigenvalue weighted by atomic mass is 16.5. The second-order valence-corrected chi connectivity index (χ2v) is 9.71. The van der Waals surface area contributed by atoms with Gasteiger partial charge in [0, 0.05) is 35.5 Å². The first kappa shape index (κ1) is 23.0. The summed E-state index contributed by atoms with van der Waals surface area (Å²) in [4.78, 5) is 36.5. The molecule has 2 amide bonds. The molecule has 2 aliphatic rings. The molecule has 0 atom stereocenters. The molecular weight excluding hydrogens is 448 g/mol. The van der Waals surface area contributed by atoms with Crippen LogP contribution in [-0.2, 0) is 28.9 Å². The normalized spacial score (nSPS) is 15.6. The Balaban J connectivity index is 1.43. The predicted octanol–water partition coefficient (Wildman–Crippen LogP) is 4.36. The highest BCUT2D eigenvalue weighted by Crippen LogP contribution is 2.44. The van der Waals surface area contributed by atoms with Crippen molar-refractivity contribution in [2.45, 2.75) is 58.5 Å². The van der Waals surface area contributed by atoms with Crippen LogP contribution in [0.3, 0.4) is 0 Å². The first-order valence-electron chi connectivity index (χ1n) is 11.8. The Morgan fingerprint density at radius 2 is 1.69 bits per heavy atom. The minimum atomic E-state index is -0.351. The van der Waals surface area contributed by atoms with E-state index < -0.39 is 0 Å². The first-order valence-corrected chi connectivity index (χ1v) is 11.8. The van der Waals surface area contributed by atoms with Gasteiger partial charge in [-0.2, -0.15) is 0 Å². The van der Waals surface area contributed by atoms with Crippen LogP contribution < -0.4 is 25.7 Å². The molecule has 0 unspecified atom stereocenters. The van der Waals surface area contributed by atoms with Gasteiger partial charge in [-0.25, -0.2) is 4.79 Å². The number of ether oxygens (including phenoxy) is 2. The van der Waals surface area contributed by atoms with E-state index in [1.807, 2.05) is 19.9 Å². The molecule has 2 aromatic carbocycles. The first-order chi connectivity index (χ1) is 16.7. The fourth-order valence-electron chi connectivity index (χ4n) is 4.85. The van der Waals surface area contributed by atoms with E-state index in [1.165, 1.54) is 6.92 Å². The second-order valence-electron chi connectivity index (χ2n) is 9.71. The Labute approximate surface area is 202 Å². The van der Waals surface area contributed by atoms with Crippen molar-refractivity contribution in [3.8, 4) is 11.5 Å². The van der Waals surface area contributed by atoms with E-state index in [2.05, 4.69) is 10.6 Å². The largest absolute Gasteiger partial charge is 0.487 e. The molecule has 1 aliphatic carbocycles. The minimum absolute atomic E-state index is 0.165. The Hall–Kier alpha value is -3.81. The van der Waals surface area contributed by atoms with Crippen LogP contribution in [0.1, 0.15) is 50.3 Å². The zero-order valence-electron chi connectivity index (χ0n) is 20.1. The molecule has 0 saturated heterocycles. The number of hydrogen-bond acceptors (Lipinski definition) is 6. The van der Waals surface area contributed by atoms with E-state index in [1.54, 1.807) is 24.3 Å². The van der Waals surface area contributed by atoms with Crippen LogP contribution in [0.2, 0.25) is 0 Å². The number of rotatable bonds is 5. The second kappa shape index (κ2) is 8.76. The molecular formula is C27H28N2O6. The molecule has 0 radical (unpaired) electrons. The highest BCUT2D eigenvalue weighted by molar-refractivity contribution is 5.95. The summed E-state index contributed by atoms with van der Waals surface area (Å²) in [6.07, 6.45) is 3.87. The summed E-state index contributed by atoms with van der Waals surface area (Å²) in [5.74, 6) is 0.605. The summed E-state index contributed by atoms with van der Waals surface area (Å²) in [5, 5.41) is 6.25. The highest BCUT2D eigenvalue weighted by Gasteiger charge is 2.32. The number of fused-ring (bicyclic) bond motifs is 5. The fraction of sp³-hybridized carbons (Fsp3) is 0.370. The van der Waals surface area contributed by atoms with Crippen molar-refractivity contribution in [1.29, 1.82) is 0 Å². The van der Waals surface area contributed by atoms with Gasteiger partial charge in [-0.05, 0) is 75.8 Å². The maximum Gasteiger partial charge on any atom is 0.339 e. The van der Waals surface area contributed by atoms with Gasteiger partial charge in [-0.15, -0.1) is 0 Å². The van der Waals surface area contributed by atoms with Crippen LogP contribution >= 0.6 is 0 Å². The topological polar surface area (TPSA) is 107 Å². The van der Waals surface area contributed by atoms with Crippen molar-refractivity contribution in [2.24, 2.45) is 0 Å². The summed E-state index contributed by atoms with van der Waals surface area (Å²) >= 11 is 0. The van der Waals surface area contributed by atoms with Crippen LogP contribution in [0.5, 0.6) is 11.5 Å². The molecule has 35 heavy (non-hydrogen) atoms. The molecule has 2 heterocycles. The number of nitrogens with one attached hydrogen (secondary N) is 2. The maximum atomic E-state index is 12.7. The number of benzene rings is 2. The number of hydrogen-bond donors (Lipinski definition) is 2. The number of amides is 2. The van der Waals surface area contributed by atoms with E-state index in [9.17, 15) is 14.4 Å². The third-order valence-electron chi connectivity index (χ3n) is 6.48. The van der Waals surface area contributed by atoms with Crippen molar-refractivity contribution < 1.29 is 23.5 Å². The van der Waals surface area contributed by atoms with E-state index in [4.69, 9.17) is 13.9 Å². The fourth-order valence-corrected chi connectivity index (χ4v) is 4.85. The van der Waals surface area contributed by atoms with E-state index >= 15 is 0 Å². The van der Waals surface area contributed by atoms with Crippen molar-refractivity contribution in [3.63, 3.8) is 0 Å². The van der Waals surface area contributed by atoms with Gasteiger partial charge in [0.1, 0.15) is 22.7 Å². The lowest BCUT2D eigenvalue weighted by Gasteiger charge is -2.33. The molecule has 182 valence electrons. The minimum Gasteiger partial charge on any atom is -0.487 e. The van der Waals surface area contributed by atoms with Crippen molar-refractivity contribution >= 4 is 34.2 Å². The average Bonchev–Trinajstić information content (AvgIpc) is 3.28. The van der Waals surface area contributed by atoms with Gasteiger partial charge in [0.15, 0.2) is 6.61 Å². The quantitative estimate of drug-likeness (QED) is 0.530. The van der Waals surface area contributed by atoms with Crippen molar-refractivity contribution in [3.05, 3.63) is 57.4 Å². The third-order valence-corrected chi connectivity index (χ3v) is 6.48. The molecule has 2 N–H and O–H groups in total. The van der Waals surface area contributed by atoms with Gasteiger partial charge in [0.2, 0.25) is 5.91 Å². The molecule has 0 saturated carbocycles. The summed E-state index contributed by atoms with van der Waals surface area (Å²) in [6.45, 7) is 5.25. The monoisotopic (exact) mass is 476 g/mol. The molecule has 1 aliphatic heterocycles. The lowest BCUT2D eigenvalue weighted by molar-refractivity contribution is -0.118. The zero-order valence-corrected chi connectivity index (χ0v) is 20.1. The number of aryl methyl sites for hydroxylation is 2. The molecule has 8 nitrogen and oxygen atoms in total. The molecule has 1 aromatic heterocycles. The summed E-state index contributed by atoms with van der Waals surface area (Å²) in [5.41, 5.74) is 3.61. The summed E-state index contributed by atoms with van der Waals surface area (Å²) in [7, 11) is 0. The van der Waals surface area contributed by atoms with Gasteiger partial charge >= 0.3 is 5.63 Å². The van der Waals surface area contributed by atoms with Crippen molar-refractivity contribution in [2.75, 3.05) is 17.2 Å². The Morgan fingerprint density at radius 1 is 1.00 bits per heavy atom. The molecule has 0 spiro atoms. The molecule has 5 rings (SSSR count). The molecule has 0 fully saturated rings. The van der Waals surface area contributed by atoms with Gasteiger partial charge in [-0.3, -0.25) is 9.59 Å².